The van der Waals surface area contributed by atoms with Gasteiger partial charge in [-0.15, -0.1) is 0 Å². The van der Waals surface area contributed by atoms with Gasteiger partial charge >= 0.3 is 0 Å². The van der Waals surface area contributed by atoms with E-state index in [1.807, 2.05) is 45.0 Å². The number of fused-ring (bicyclic) bond motifs is 1. The molecule has 1 aliphatic heterocycles. The highest BCUT2D eigenvalue weighted by molar-refractivity contribution is 6.48. The normalized spacial score (nSPS) is 14.3. The minimum Gasteiger partial charge on any atom is -0.492 e. The summed E-state index contributed by atoms with van der Waals surface area (Å²) in [5, 5.41) is 8.73. The van der Waals surface area contributed by atoms with Crippen LogP contribution in [0.1, 0.15) is 42.4 Å². The van der Waals surface area contributed by atoms with Crippen LogP contribution in [-0.4, -0.2) is 65.8 Å². The number of ether oxygens (including phenoxy) is 2. The van der Waals surface area contributed by atoms with E-state index in [0.29, 0.717) is 34.7 Å². The number of carbonyl (C=O) groups is 2. The molecule has 5 rings (SSSR count). The first-order valence-electron chi connectivity index (χ1n) is 13.8. The van der Waals surface area contributed by atoms with Crippen LogP contribution in [0.4, 0.5) is 10.2 Å². The summed E-state index contributed by atoms with van der Waals surface area (Å²) in [6.45, 7) is 12.1. The largest absolute Gasteiger partial charge is 0.492 e. The number of anilines is 1. The fourth-order valence-corrected chi connectivity index (χ4v) is 4.75. The van der Waals surface area contributed by atoms with Gasteiger partial charge in [0.05, 0.1) is 24.6 Å². The zero-order valence-corrected chi connectivity index (χ0v) is 23.9. The second-order valence-corrected chi connectivity index (χ2v) is 11.3. The Morgan fingerprint density at radius 2 is 1.76 bits per heavy atom. The van der Waals surface area contributed by atoms with E-state index >= 15 is 0 Å². The van der Waals surface area contributed by atoms with Gasteiger partial charge in [-0.3, -0.25) is 14.5 Å². The van der Waals surface area contributed by atoms with Gasteiger partial charge in [-0.1, -0.05) is 51.1 Å². The van der Waals surface area contributed by atoms with Crippen molar-refractivity contribution in [3.8, 4) is 11.4 Å². The lowest BCUT2D eigenvalue weighted by Crippen LogP contribution is -2.38. The number of hydrogen-bond acceptors (Lipinski definition) is 6. The van der Waals surface area contributed by atoms with Crippen molar-refractivity contribution in [1.29, 1.82) is 0 Å². The number of aromatic nitrogens is 2. The molecular weight excluding hydrogens is 523 g/mol. The third kappa shape index (κ3) is 6.31. The molecule has 0 atom stereocenters. The van der Waals surface area contributed by atoms with Gasteiger partial charge in [0.25, 0.3) is 11.7 Å². The molecule has 1 aliphatic rings. The molecule has 0 saturated carbocycles. The van der Waals surface area contributed by atoms with Gasteiger partial charge in [-0.25, -0.2) is 9.07 Å². The van der Waals surface area contributed by atoms with Gasteiger partial charge in [0.15, 0.2) is 0 Å². The fraction of sp³-hybridized carbons (Fsp3) is 0.344. The molecule has 41 heavy (non-hydrogen) atoms. The highest BCUT2D eigenvalue weighted by Gasteiger charge is 2.25. The van der Waals surface area contributed by atoms with Gasteiger partial charge in [0, 0.05) is 42.1 Å². The molecule has 214 valence electrons. The van der Waals surface area contributed by atoms with Crippen LogP contribution >= 0.6 is 0 Å². The van der Waals surface area contributed by atoms with E-state index in [0.717, 1.165) is 38.2 Å². The van der Waals surface area contributed by atoms with Crippen molar-refractivity contribution in [2.75, 3.05) is 44.8 Å². The number of amides is 1. The Hall–Kier alpha value is -4.08. The minimum absolute atomic E-state index is 0.266. The molecule has 0 aliphatic carbocycles. The van der Waals surface area contributed by atoms with Crippen molar-refractivity contribution in [3.05, 3.63) is 83.3 Å². The summed E-state index contributed by atoms with van der Waals surface area (Å²) in [4.78, 5) is 29.1. The molecule has 0 radical (unpaired) electrons. The minimum atomic E-state index is -0.815. The molecule has 1 N–H and O–H groups in total. The molecule has 0 unspecified atom stereocenters. The Balaban J connectivity index is 1.39. The van der Waals surface area contributed by atoms with Crippen LogP contribution in [0.15, 0.2) is 60.7 Å². The Kier molecular flexibility index (Phi) is 8.19. The second kappa shape index (κ2) is 11.8. The zero-order chi connectivity index (χ0) is 29.1. The molecule has 3 aromatic carbocycles. The van der Waals surface area contributed by atoms with Crippen LogP contribution in [0, 0.1) is 12.7 Å². The van der Waals surface area contributed by atoms with E-state index in [1.54, 1.807) is 37.3 Å². The Bertz CT molecular complexity index is 1580. The quantitative estimate of drug-likeness (QED) is 0.233. The number of Topliss-reactive ketones (excluding diaryl/α,β-unsaturated/α-hetero) is 1. The van der Waals surface area contributed by atoms with E-state index in [1.165, 1.54) is 10.7 Å². The van der Waals surface area contributed by atoms with Crippen molar-refractivity contribution in [3.63, 3.8) is 0 Å². The number of hydrogen-bond donors (Lipinski definition) is 1. The van der Waals surface area contributed by atoms with Crippen molar-refractivity contribution in [2.24, 2.45) is 0 Å². The number of rotatable bonds is 8. The molecule has 9 heteroatoms. The summed E-state index contributed by atoms with van der Waals surface area (Å²) in [7, 11) is 0. The first-order valence-corrected chi connectivity index (χ1v) is 13.8. The Morgan fingerprint density at radius 1 is 1.02 bits per heavy atom. The topological polar surface area (TPSA) is 85.7 Å². The lowest BCUT2D eigenvalue weighted by Gasteiger charge is -2.26. The zero-order valence-electron chi connectivity index (χ0n) is 23.9. The molecule has 1 saturated heterocycles. The molecule has 4 aromatic rings. The third-order valence-electron chi connectivity index (χ3n) is 7.22. The summed E-state index contributed by atoms with van der Waals surface area (Å²) >= 11 is 0. The summed E-state index contributed by atoms with van der Waals surface area (Å²) < 4.78 is 27.4. The number of aryl methyl sites for hydroxylation is 1. The lowest BCUT2D eigenvalue weighted by molar-refractivity contribution is -0.112. The number of carbonyl (C=O) groups excluding carboxylic acids is 2. The maximum atomic E-state index is 14.4. The van der Waals surface area contributed by atoms with Crippen LogP contribution in [0.25, 0.3) is 16.5 Å². The molecule has 0 bridgehead atoms. The maximum Gasteiger partial charge on any atom is 0.297 e. The summed E-state index contributed by atoms with van der Waals surface area (Å²) in [5.74, 6) is -0.960. The van der Waals surface area contributed by atoms with E-state index in [-0.39, 0.29) is 22.6 Å². The van der Waals surface area contributed by atoms with Gasteiger partial charge in [-0.2, -0.15) is 5.10 Å². The average Bonchev–Trinajstić information content (AvgIpc) is 3.39. The van der Waals surface area contributed by atoms with E-state index in [9.17, 15) is 14.0 Å². The predicted molar refractivity (Wildman–Crippen MR) is 157 cm³/mol. The molecular formula is C32H35FN4O4. The number of morpholine rings is 1. The SMILES string of the molecule is Cc1ccc(-n2nc(C(C)(C)C)cc2NC(=O)C(=O)c2ccc(OCCN3CCOCC3)c3ccccc23)cc1F. The molecule has 2 heterocycles. The molecule has 1 aromatic heterocycles. The van der Waals surface area contributed by atoms with Crippen molar-refractivity contribution < 1.29 is 23.5 Å². The maximum absolute atomic E-state index is 14.4. The number of nitrogens with one attached hydrogen (secondary N) is 1. The van der Waals surface area contributed by atoms with Gasteiger partial charge in [0.2, 0.25) is 0 Å². The summed E-state index contributed by atoms with van der Waals surface area (Å²) in [6.07, 6.45) is 0. The van der Waals surface area contributed by atoms with E-state index in [2.05, 4.69) is 15.3 Å². The smallest absolute Gasteiger partial charge is 0.297 e. The highest BCUT2D eigenvalue weighted by Crippen LogP contribution is 2.30. The van der Waals surface area contributed by atoms with Crippen molar-refractivity contribution in [1.82, 2.24) is 14.7 Å². The number of halogens is 1. The number of nitrogens with zero attached hydrogens (tertiary/aromatic N) is 3. The molecule has 1 amide bonds. The highest BCUT2D eigenvalue weighted by atomic mass is 19.1. The van der Waals surface area contributed by atoms with Crippen LogP contribution in [0.2, 0.25) is 0 Å². The molecule has 0 spiro atoms. The fourth-order valence-electron chi connectivity index (χ4n) is 4.75. The Labute approximate surface area is 239 Å². The number of benzene rings is 3. The first kappa shape index (κ1) is 28.4. The van der Waals surface area contributed by atoms with Crippen LogP contribution in [0.5, 0.6) is 5.75 Å². The van der Waals surface area contributed by atoms with Crippen LogP contribution in [-0.2, 0) is 14.9 Å². The standard InChI is InChI=1S/C32H35FN4O4/c1-21-9-10-22(19-26(21)33)37-29(20-28(35-37)32(2,3)4)34-31(39)30(38)25-11-12-27(24-8-6-5-7-23(24)25)41-18-15-36-13-16-40-17-14-36/h5-12,19-20H,13-18H2,1-4H3,(H,34,39). The van der Waals surface area contributed by atoms with E-state index in [4.69, 9.17) is 9.47 Å². The number of ketones is 1. The van der Waals surface area contributed by atoms with Crippen LogP contribution < -0.4 is 10.1 Å². The Morgan fingerprint density at radius 3 is 2.46 bits per heavy atom. The lowest BCUT2D eigenvalue weighted by atomic mass is 9.92. The van der Waals surface area contributed by atoms with Crippen molar-refractivity contribution >= 4 is 28.3 Å². The molecule has 8 nitrogen and oxygen atoms in total. The average molecular weight is 559 g/mol. The second-order valence-electron chi connectivity index (χ2n) is 11.3. The monoisotopic (exact) mass is 558 g/mol. The molecule has 1 fully saturated rings. The van der Waals surface area contributed by atoms with Gasteiger partial charge < -0.3 is 14.8 Å². The first-order chi connectivity index (χ1) is 19.6. The summed E-state index contributed by atoms with van der Waals surface area (Å²) in [5.41, 5.74) is 1.55. The van der Waals surface area contributed by atoms with E-state index < -0.39 is 11.7 Å². The van der Waals surface area contributed by atoms with Gasteiger partial charge in [0.1, 0.15) is 24.0 Å². The van der Waals surface area contributed by atoms with Crippen LogP contribution in [0.3, 0.4) is 0 Å². The third-order valence-corrected chi connectivity index (χ3v) is 7.22. The van der Waals surface area contributed by atoms with Crippen molar-refractivity contribution in [2.45, 2.75) is 33.1 Å². The van der Waals surface area contributed by atoms with Gasteiger partial charge in [-0.05, 0) is 42.1 Å². The predicted octanol–water partition coefficient (Wildman–Crippen LogP) is 5.30. The summed E-state index contributed by atoms with van der Waals surface area (Å²) in [6, 6.07) is 17.2.